The zero-order valence-corrected chi connectivity index (χ0v) is 34.5. The summed E-state index contributed by atoms with van der Waals surface area (Å²) in [4.78, 5) is 28.6. The molecule has 5 saturated carbocycles. The number of fused-ring (bicyclic) bond motifs is 7. The molecule has 0 radical (unpaired) electrons. The first kappa shape index (κ1) is 40.0. The Balaban J connectivity index is 1.17. The van der Waals surface area contributed by atoms with Crippen LogP contribution in [0.1, 0.15) is 139 Å². The second-order valence-electron chi connectivity index (χ2n) is 21.0. The summed E-state index contributed by atoms with van der Waals surface area (Å²) in [5.74, 6) is 1.77. The van der Waals surface area contributed by atoms with Crippen LogP contribution in [0.4, 0.5) is 4.79 Å². The lowest BCUT2D eigenvalue weighted by Crippen LogP contribution is -2.66. The highest BCUT2D eigenvalue weighted by atomic mass is 16.6. The van der Waals surface area contributed by atoms with Crippen molar-refractivity contribution in [2.45, 2.75) is 163 Å². The second-order valence-corrected chi connectivity index (χ2v) is 21.0. The van der Waals surface area contributed by atoms with E-state index in [-0.39, 0.29) is 63.7 Å². The van der Waals surface area contributed by atoms with E-state index in [1.807, 2.05) is 27.7 Å². The predicted octanol–water partition coefficient (Wildman–Crippen LogP) is 8.14. The van der Waals surface area contributed by atoms with Crippen molar-refractivity contribution in [3.05, 3.63) is 12.2 Å². The van der Waals surface area contributed by atoms with E-state index >= 15 is 0 Å². The third-order valence-electron chi connectivity index (χ3n) is 17.4. The molecule has 0 aromatic heterocycles. The monoisotopic (exact) mass is 727 g/mol. The van der Waals surface area contributed by atoms with Crippen molar-refractivity contribution in [1.29, 1.82) is 0 Å². The van der Waals surface area contributed by atoms with Crippen LogP contribution in [0.15, 0.2) is 12.2 Å². The molecule has 6 rings (SSSR count). The molecule has 8 heteroatoms. The van der Waals surface area contributed by atoms with Crippen LogP contribution in [-0.2, 0) is 14.3 Å². The van der Waals surface area contributed by atoms with E-state index in [0.29, 0.717) is 36.8 Å². The van der Waals surface area contributed by atoms with Gasteiger partial charge >= 0.3 is 6.09 Å². The third kappa shape index (κ3) is 6.19. The fourth-order valence-corrected chi connectivity index (χ4v) is 14.5. The number of methoxy groups -OCH3 is 1. The maximum absolute atomic E-state index is 13.8. The molecular formula is C44H74N2O6. The zero-order chi connectivity index (χ0) is 38.2. The average molecular weight is 727 g/mol. The molecule has 0 aromatic carbocycles. The van der Waals surface area contributed by atoms with Crippen molar-refractivity contribution in [3.8, 4) is 0 Å². The van der Waals surface area contributed by atoms with E-state index in [4.69, 9.17) is 9.47 Å². The van der Waals surface area contributed by atoms with Crippen LogP contribution >= 0.6 is 0 Å². The van der Waals surface area contributed by atoms with Crippen LogP contribution in [0.25, 0.3) is 0 Å². The van der Waals surface area contributed by atoms with E-state index in [0.717, 1.165) is 50.5 Å². The highest BCUT2D eigenvalue weighted by Crippen LogP contribution is 2.77. The number of aliphatic hydroxyl groups excluding tert-OH is 2. The Labute approximate surface area is 315 Å². The lowest BCUT2D eigenvalue weighted by Gasteiger charge is -2.73. The number of carbonyl (C=O) groups excluding carboxylic acids is 2. The molecule has 0 unspecified atom stereocenters. The molecule has 6 aliphatic rings. The summed E-state index contributed by atoms with van der Waals surface area (Å²) in [5.41, 5.74) is 0.969. The van der Waals surface area contributed by atoms with E-state index in [1.165, 1.54) is 32.1 Å². The summed E-state index contributed by atoms with van der Waals surface area (Å²) in [7, 11) is 1.63. The van der Waals surface area contributed by atoms with Gasteiger partial charge in [-0.3, -0.25) is 4.79 Å². The smallest absolute Gasteiger partial charge is 0.410 e. The van der Waals surface area contributed by atoms with Gasteiger partial charge in [-0.25, -0.2) is 4.79 Å². The summed E-state index contributed by atoms with van der Waals surface area (Å²) >= 11 is 0. The highest BCUT2D eigenvalue weighted by Gasteiger charge is 2.70. The Kier molecular flexibility index (Phi) is 10.6. The van der Waals surface area contributed by atoms with Crippen LogP contribution in [-0.4, -0.2) is 77.8 Å². The first-order valence-electron chi connectivity index (χ1n) is 21.0. The first-order valence-corrected chi connectivity index (χ1v) is 21.0. The molecule has 3 N–H and O–H groups in total. The molecule has 0 bridgehead atoms. The van der Waals surface area contributed by atoms with Gasteiger partial charge in [0.05, 0.1) is 24.2 Å². The number of amides is 2. The number of hydrogen-bond donors (Lipinski definition) is 3. The molecule has 0 aromatic rings. The van der Waals surface area contributed by atoms with E-state index in [2.05, 4.69) is 46.5 Å². The first-order chi connectivity index (χ1) is 24.2. The summed E-state index contributed by atoms with van der Waals surface area (Å²) in [6, 6.07) is -0.220. The molecule has 8 nitrogen and oxygen atoms in total. The molecule has 2 amide bonds. The molecule has 5 aliphatic carbocycles. The molecular weight excluding hydrogens is 652 g/mol. The van der Waals surface area contributed by atoms with Crippen molar-refractivity contribution in [1.82, 2.24) is 10.2 Å². The summed E-state index contributed by atoms with van der Waals surface area (Å²) in [5, 5.41) is 25.5. The Morgan fingerprint density at radius 3 is 2.29 bits per heavy atom. The number of rotatable bonds is 8. The van der Waals surface area contributed by atoms with Crippen molar-refractivity contribution in [2.75, 3.05) is 26.8 Å². The maximum Gasteiger partial charge on any atom is 0.410 e. The van der Waals surface area contributed by atoms with Crippen molar-refractivity contribution in [2.24, 2.45) is 62.6 Å². The van der Waals surface area contributed by atoms with Crippen LogP contribution in [0, 0.1) is 62.6 Å². The Bertz CT molecular complexity index is 1370. The van der Waals surface area contributed by atoms with E-state index < -0.39 is 17.6 Å². The quantitative estimate of drug-likeness (QED) is 0.218. The van der Waals surface area contributed by atoms with Crippen LogP contribution < -0.4 is 5.32 Å². The molecule has 6 fully saturated rings. The summed E-state index contributed by atoms with van der Waals surface area (Å²) in [6.45, 7) is 25.9. The fraction of sp³-hybridized carbons (Fsp3) is 0.909. The highest BCUT2D eigenvalue weighted by molar-refractivity contribution is 5.79. The second kappa shape index (κ2) is 13.8. The van der Waals surface area contributed by atoms with Gasteiger partial charge in [0, 0.05) is 26.8 Å². The van der Waals surface area contributed by atoms with Gasteiger partial charge in [0.1, 0.15) is 5.60 Å². The molecule has 1 saturated heterocycles. The zero-order valence-electron chi connectivity index (χ0n) is 34.5. The van der Waals surface area contributed by atoms with Crippen LogP contribution in [0.3, 0.4) is 0 Å². The maximum atomic E-state index is 13.8. The van der Waals surface area contributed by atoms with E-state index in [9.17, 15) is 19.8 Å². The summed E-state index contributed by atoms with van der Waals surface area (Å²) in [6.07, 6.45) is 11.7. The summed E-state index contributed by atoms with van der Waals surface area (Å²) < 4.78 is 11.6. The Hall–Kier alpha value is -1.64. The Morgan fingerprint density at radius 1 is 0.923 bits per heavy atom. The molecule has 52 heavy (non-hydrogen) atoms. The lowest BCUT2D eigenvalue weighted by atomic mass is 9.32. The molecule has 1 heterocycles. The normalized spacial score (nSPS) is 43.7. The van der Waals surface area contributed by atoms with Gasteiger partial charge in [-0.2, -0.15) is 0 Å². The van der Waals surface area contributed by atoms with Crippen LogP contribution in [0.5, 0.6) is 0 Å². The minimum absolute atomic E-state index is 0.0568. The fourth-order valence-electron chi connectivity index (χ4n) is 14.5. The van der Waals surface area contributed by atoms with Crippen molar-refractivity contribution < 1.29 is 29.3 Å². The van der Waals surface area contributed by atoms with Crippen LogP contribution in [0.2, 0.25) is 0 Å². The van der Waals surface area contributed by atoms with Gasteiger partial charge in [-0.15, -0.1) is 0 Å². The minimum Gasteiger partial charge on any atom is -0.444 e. The standard InChI is InChI=1S/C44H74N2O6/c1-27(25-45-37(49)28(2)36(51-11)31-13-12-24-46(31)38(50)52-39(3,4)5)29-16-21-44(26-47)23-22-42(9)30(35(29)44)14-15-33-41(8)19-18-34(48)40(6,7)32(41)17-20-43(33,42)10/h28-36,47-48H,1,12-26H2,2-11H3,(H,45,49)/t28-,29+,30-,31+,32+,33-,34+,35-,36-,41+,42-,43-,44-/m1/s1. The van der Waals surface area contributed by atoms with Gasteiger partial charge in [0.2, 0.25) is 5.91 Å². The van der Waals surface area contributed by atoms with Gasteiger partial charge in [0.25, 0.3) is 0 Å². The number of nitrogens with zero attached hydrogens (tertiary/aromatic N) is 1. The predicted molar refractivity (Wildman–Crippen MR) is 205 cm³/mol. The SMILES string of the molecule is C=C(CNC(=O)[C@H](C)[C@@H](OC)[C@@H]1CCCN1C(=O)OC(C)(C)C)[C@@H]1CC[C@]2(CO)CC[C@]3(C)[C@H](CC[C@@H]4[C@@]5(C)CC[C@H](O)C(C)(C)[C@@H]5CC[C@]43C)[C@@H]12. The number of hydrogen-bond acceptors (Lipinski definition) is 6. The molecule has 1 aliphatic heterocycles. The molecule has 296 valence electrons. The van der Waals surface area contributed by atoms with Gasteiger partial charge < -0.3 is 29.9 Å². The topological polar surface area (TPSA) is 108 Å². The molecule has 13 atom stereocenters. The number of carbonyl (C=O) groups is 2. The number of aliphatic hydroxyl groups is 2. The van der Waals surface area contributed by atoms with Gasteiger partial charge in [-0.05, 0) is 154 Å². The number of likely N-dealkylation sites (tertiary alicyclic amines) is 1. The minimum atomic E-state index is -0.592. The lowest BCUT2D eigenvalue weighted by molar-refractivity contribution is -0.249. The molecule has 0 spiro atoms. The van der Waals surface area contributed by atoms with Crippen molar-refractivity contribution in [3.63, 3.8) is 0 Å². The largest absolute Gasteiger partial charge is 0.444 e. The number of nitrogens with one attached hydrogen (secondary N) is 1. The Morgan fingerprint density at radius 2 is 1.63 bits per heavy atom. The van der Waals surface area contributed by atoms with Crippen molar-refractivity contribution >= 4 is 12.0 Å². The number of ether oxygens (including phenoxy) is 2. The average Bonchev–Trinajstić information content (AvgIpc) is 3.71. The van der Waals surface area contributed by atoms with E-state index in [1.54, 1.807) is 12.0 Å². The van der Waals surface area contributed by atoms with Gasteiger partial charge in [0.15, 0.2) is 0 Å². The third-order valence-corrected chi connectivity index (χ3v) is 17.4. The van der Waals surface area contributed by atoms with Gasteiger partial charge in [-0.1, -0.05) is 53.7 Å².